The van der Waals surface area contributed by atoms with Crippen LogP contribution in [0.15, 0.2) is 18.2 Å². The maximum absolute atomic E-state index is 11.0. The second-order valence-electron chi connectivity index (χ2n) is 6.72. The molecule has 0 N–H and O–H groups in total. The fraction of sp³-hybridized carbons (Fsp3) is 0.647. The third kappa shape index (κ3) is 2.26. The van der Waals surface area contributed by atoms with Crippen molar-refractivity contribution in [3.63, 3.8) is 0 Å². The zero-order chi connectivity index (χ0) is 16.8. The minimum atomic E-state index is -0.599. The highest BCUT2D eigenvalue weighted by Gasteiger charge is 2.58. The summed E-state index contributed by atoms with van der Waals surface area (Å²) in [5.41, 5.74) is 0.638. The van der Waals surface area contributed by atoms with Crippen LogP contribution in [0.1, 0.15) is 31.2 Å². The zero-order valence-electron chi connectivity index (χ0n) is 13.7. The molecular formula is C17H21NO6. The van der Waals surface area contributed by atoms with Gasteiger partial charge < -0.3 is 18.9 Å². The van der Waals surface area contributed by atoms with Gasteiger partial charge in [-0.3, -0.25) is 10.1 Å². The highest BCUT2D eigenvalue weighted by Crippen LogP contribution is 2.57. The molecule has 2 atom stereocenters. The minimum Gasteiger partial charge on any atom is -0.493 e. The molecule has 0 radical (unpaired) electrons. The molecule has 0 unspecified atom stereocenters. The van der Waals surface area contributed by atoms with Crippen LogP contribution >= 0.6 is 0 Å². The van der Waals surface area contributed by atoms with E-state index in [1.807, 2.05) is 18.2 Å². The Balaban J connectivity index is 1.72. The SMILES string of the molecule is COc1cccc2c1O[C@H]1CC3(CC[C@@]21CC[N+](=O)[O-])OCCO3. The van der Waals surface area contributed by atoms with Crippen LogP contribution in [-0.2, 0) is 14.9 Å². The average molecular weight is 335 g/mol. The van der Waals surface area contributed by atoms with Crippen molar-refractivity contribution in [2.75, 3.05) is 26.9 Å². The lowest BCUT2D eigenvalue weighted by atomic mass is 9.65. The number of fused-ring (bicyclic) bond motifs is 3. The molecule has 3 aliphatic rings. The highest BCUT2D eigenvalue weighted by atomic mass is 16.7. The summed E-state index contributed by atoms with van der Waals surface area (Å²) in [5, 5.41) is 11.0. The van der Waals surface area contributed by atoms with Gasteiger partial charge in [-0.05, 0) is 12.5 Å². The Morgan fingerprint density at radius 2 is 2.12 bits per heavy atom. The summed E-state index contributed by atoms with van der Waals surface area (Å²) in [7, 11) is 1.61. The van der Waals surface area contributed by atoms with E-state index in [1.54, 1.807) is 7.11 Å². The molecule has 2 heterocycles. The monoisotopic (exact) mass is 335 g/mol. The normalized spacial score (nSPS) is 29.8. The van der Waals surface area contributed by atoms with E-state index in [0.29, 0.717) is 37.6 Å². The summed E-state index contributed by atoms with van der Waals surface area (Å²) in [6.45, 7) is 1.10. The maximum atomic E-state index is 11.0. The molecular weight excluding hydrogens is 314 g/mol. The van der Waals surface area contributed by atoms with Gasteiger partial charge >= 0.3 is 0 Å². The molecule has 7 heteroatoms. The van der Waals surface area contributed by atoms with Crippen molar-refractivity contribution in [3.8, 4) is 11.5 Å². The lowest BCUT2D eigenvalue weighted by Gasteiger charge is -2.44. The molecule has 1 aromatic carbocycles. The first-order valence-electron chi connectivity index (χ1n) is 8.32. The second kappa shape index (κ2) is 5.60. The van der Waals surface area contributed by atoms with Crippen LogP contribution in [0.4, 0.5) is 0 Å². The number of nitrogens with zero attached hydrogens (tertiary/aromatic N) is 1. The first-order chi connectivity index (χ1) is 11.6. The van der Waals surface area contributed by atoms with Gasteiger partial charge in [0.2, 0.25) is 6.54 Å². The third-order valence-corrected chi connectivity index (χ3v) is 5.61. The van der Waals surface area contributed by atoms with E-state index < -0.39 is 5.79 Å². The molecule has 1 saturated heterocycles. The van der Waals surface area contributed by atoms with Gasteiger partial charge in [0.1, 0.15) is 6.10 Å². The fourth-order valence-corrected chi connectivity index (χ4v) is 4.42. The second-order valence-corrected chi connectivity index (χ2v) is 6.72. The molecule has 1 aromatic rings. The number of rotatable bonds is 4. The van der Waals surface area contributed by atoms with Crippen molar-refractivity contribution in [1.82, 2.24) is 0 Å². The van der Waals surface area contributed by atoms with Crippen molar-refractivity contribution in [1.29, 1.82) is 0 Å². The van der Waals surface area contributed by atoms with Crippen LogP contribution in [0.3, 0.4) is 0 Å². The van der Waals surface area contributed by atoms with Crippen molar-refractivity contribution in [2.45, 2.75) is 43.0 Å². The van der Waals surface area contributed by atoms with Crippen LogP contribution in [0, 0.1) is 10.1 Å². The molecule has 0 amide bonds. The van der Waals surface area contributed by atoms with Crippen molar-refractivity contribution >= 4 is 0 Å². The summed E-state index contributed by atoms with van der Waals surface area (Å²) in [5.74, 6) is 0.783. The predicted octanol–water partition coefficient (Wildman–Crippen LogP) is 2.29. The molecule has 2 fully saturated rings. The standard InChI is InChI=1S/C17H21NO6/c1-21-13-4-2-3-12-15(13)24-14-11-17(22-9-10-23-17)6-5-16(12,14)7-8-18(19)20/h2-4,14H,5-11H2,1H3/t14-,16+/m0/s1. The first kappa shape index (κ1) is 15.7. The quantitative estimate of drug-likeness (QED) is 0.620. The Bertz CT molecular complexity index is 656. The van der Waals surface area contributed by atoms with Gasteiger partial charge in [-0.25, -0.2) is 0 Å². The van der Waals surface area contributed by atoms with E-state index >= 15 is 0 Å². The summed E-state index contributed by atoms with van der Waals surface area (Å²) in [6, 6.07) is 5.78. The molecule has 1 aliphatic carbocycles. The van der Waals surface area contributed by atoms with E-state index in [0.717, 1.165) is 18.4 Å². The summed E-state index contributed by atoms with van der Waals surface area (Å²) in [4.78, 5) is 10.7. The molecule has 130 valence electrons. The molecule has 2 aliphatic heterocycles. The summed E-state index contributed by atoms with van der Waals surface area (Å²) < 4.78 is 23.4. The van der Waals surface area contributed by atoms with E-state index in [9.17, 15) is 10.1 Å². The molecule has 7 nitrogen and oxygen atoms in total. The number of ether oxygens (including phenoxy) is 4. The third-order valence-electron chi connectivity index (χ3n) is 5.61. The number of para-hydroxylation sites is 1. The molecule has 24 heavy (non-hydrogen) atoms. The smallest absolute Gasteiger partial charge is 0.204 e. The Morgan fingerprint density at radius 1 is 1.33 bits per heavy atom. The lowest BCUT2D eigenvalue weighted by Crippen LogP contribution is -2.51. The molecule has 0 bridgehead atoms. The van der Waals surface area contributed by atoms with Crippen LogP contribution < -0.4 is 9.47 Å². The Morgan fingerprint density at radius 3 is 2.83 bits per heavy atom. The van der Waals surface area contributed by atoms with E-state index in [2.05, 4.69) is 0 Å². The number of methoxy groups -OCH3 is 1. The first-order valence-corrected chi connectivity index (χ1v) is 8.32. The maximum Gasteiger partial charge on any atom is 0.204 e. The van der Waals surface area contributed by atoms with Gasteiger partial charge in [-0.1, -0.05) is 12.1 Å². The van der Waals surface area contributed by atoms with Gasteiger partial charge in [0.15, 0.2) is 17.3 Å². The average Bonchev–Trinajstić information content (AvgIpc) is 3.16. The van der Waals surface area contributed by atoms with E-state index in [1.165, 1.54) is 0 Å². The van der Waals surface area contributed by atoms with Gasteiger partial charge in [-0.15, -0.1) is 0 Å². The topological polar surface area (TPSA) is 80.1 Å². The van der Waals surface area contributed by atoms with Gasteiger partial charge in [0.05, 0.1) is 20.3 Å². The summed E-state index contributed by atoms with van der Waals surface area (Å²) in [6.07, 6.45) is 2.30. The van der Waals surface area contributed by atoms with Gasteiger partial charge in [0, 0.05) is 35.2 Å². The van der Waals surface area contributed by atoms with Crippen LogP contribution in [-0.4, -0.2) is 43.7 Å². The van der Waals surface area contributed by atoms with Crippen molar-refractivity contribution in [3.05, 3.63) is 33.9 Å². The Hall–Kier alpha value is -1.86. The van der Waals surface area contributed by atoms with Gasteiger partial charge in [-0.2, -0.15) is 0 Å². The fourth-order valence-electron chi connectivity index (χ4n) is 4.42. The van der Waals surface area contributed by atoms with Crippen LogP contribution in [0.25, 0.3) is 0 Å². The largest absolute Gasteiger partial charge is 0.493 e. The predicted molar refractivity (Wildman–Crippen MR) is 84.1 cm³/mol. The van der Waals surface area contributed by atoms with Crippen LogP contribution in [0.5, 0.6) is 11.5 Å². The lowest BCUT2D eigenvalue weighted by molar-refractivity contribution is -0.482. The molecule has 0 aromatic heterocycles. The van der Waals surface area contributed by atoms with E-state index in [4.69, 9.17) is 18.9 Å². The van der Waals surface area contributed by atoms with Crippen molar-refractivity contribution < 1.29 is 23.9 Å². The van der Waals surface area contributed by atoms with Gasteiger partial charge in [0.25, 0.3) is 0 Å². The zero-order valence-corrected chi connectivity index (χ0v) is 13.7. The Labute approximate surface area is 140 Å². The van der Waals surface area contributed by atoms with E-state index in [-0.39, 0.29) is 23.0 Å². The molecule has 1 saturated carbocycles. The molecule has 1 spiro atoms. The highest BCUT2D eigenvalue weighted by molar-refractivity contribution is 5.54. The summed E-state index contributed by atoms with van der Waals surface area (Å²) >= 11 is 0. The minimum absolute atomic E-state index is 0.0782. The molecule has 4 rings (SSSR count). The number of hydrogen-bond acceptors (Lipinski definition) is 6. The number of nitro groups is 1. The number of hydrogen-bond donors (Lipinski definition) is 0. The van der Waals surface area contributed by atoms with Crippen molar-refractivity contribution in [2.24, 2.45) is 0 Å². The number of benzene rings is 1. The van der Waals surface area contributed by atoms with Crippen LogP contribution in [0.2, 0.25) is 0 Å². The Kier molecular flexibility index (Phi) is 3.65.